The molecule has 0 N–H and O–H groups in total. The van der Waals surface area contributed by atoms with E-state index in [4.69, 9.17) is 0 Å². The zero-order valence-corrected chi connectivity index (χ0v) is 10.7. The molecule has 86 valence electrons. The summed E-state index contributed by atoms with van der Waals surface area (Å²) >= 11 is 3.53. The van der Waals surface area contributed by atoms with Crippen molar-refractivity contribution in [3.05, 3.63) is 35.1 Å². The Labute approximate surface area is 103 Å². The van der Waals surface area contributed by atoms with Crippen molar-refractivity contribution in [2.45, 2.75) is 12.2 Å². The zero-order chi connectivity index (χ0) is 11.5. The molecule has 16 heavy (non-hydrogen) atoms. The van der Waals surface area contributed by atoms with Crippen molar-refractivity contribution >= 4 is 29.3 Å². The lowest BCUT2D eigenvalue weighted by Gasteiger charge is -2.20. The maximum absolute atomic E-state index is 12.9. The van der Waals surface area contributed by atoms with E-state index in [0.717, 1.165) is 22.8 Å². The Balaban J connectivity index is 2.19. The maximum atomic E-state index is 12.9. The number of Topliss-reactive ketones (excluding diaryl/α,β-unsaturated/α-hetero) is 1. The van der Waals surface area contributed by atoms with E-state index in [1.165, 1.54) is 12.1 Å². The molecule has 1 fully saturated rings. The van der Waals surface area contributed by atoms with Gasteiger partial charge in [-0.05, 0) is 30.7 Å². The van der Waals surface area contributed by atoms with Crippen molar-refractivity contribution in [1.82, 2.24) is 0 Å². The van der Waals surface area contributed by atoms with Gasteiger partial charge in [0.15, 0.2) is 5.78 Å². The molecule has 1 unspecified atom stereocenters. The predicted octanol–water partition coefficient (Wildman–Crippen LogP) is 3.17. The number of hydrogen-bond acceptors (Lipinski definition) is 3. The van der Waals surface area contributed by atoms with Gasteiger partial charge >= 0.3 is 0 Å². The summed E-state index contributed by atoms with van der Waals surface area (Å²) in [5, 5.41) is 0.0444. The van der Waals surface area contributed by atoms with Crippen LogP contribution in [0.4, 0.5) is 4.39 Å². The van der Waals surface area contributed by atoms with E-state index >= 15 is 0 Å². The molecule has 0 spiro atoms. The predicted molar refractivity (Wildman–Crippen MR) is 69.0 cm³/mol. The number of thioether (sulfide) groups is 2. The summed E-state index contributed by atoms with van der Waals surface area (Å²) in [6.07, 6.45) is 0. The quantitative estimate of drug-likeness (QED) is 0.757. The van der Waals surface area contributed by atoms with Crippen LogP contribution in [0.5, 0.6) is 0 Å². The highest BCUT2D eigenvalue weighted by molar-refractivity contribution is 8.07. The van der Waals surface area contributed by atoms with E-state index in [0.29, 0.717) is 5.56 Å². The number of aryl methyl sites for hydroxylation is 1. The van der Waals surface area contributed by atoms with Gasteiger partial charge in [-0.2, -0.15) is 11.8 Å². The molecule has 0 saturated carbocycles. The van der Waals surface area contributed by atoms with Gasteiger partial charge in [-0.15, -0.1) is 11.8 Å². The second-order valence-electron chi connectivity index (χ2n) is 3.76. The molecule has 1 aliphatic heterocycles. The first-order valence-electron chi connectivity index (χ1n) is 5.18. The standard InChI is InChI=1S/C12H13FOS2/c1-8-6-9(13)2-3-10(8)12(14)11-7-15-4-5-16-11/h2-3,6,11H,4-5,7H2,1H3. The smallest absolute Gasteiger partial charge is 0.176 e. The van der Waals surface area contributed by atoms with E-state index in [1.54, 1.807) is 24.8 Å². The van der Waals surface area contributed by atoms with Crippen molar-refractivity contribution in [3.63, 3.8) is 0 Å². The van der Waals surface area contributed by atoms with Crippen molar-refractivity contribution < 1.29 is 9.18 Å². The fraction of sp³-hybridized carbons (Fsp3) is 0.417. The van der Waals surface area contributed by atoms with E-state index < -0.39 is 0 Å². The number of halogens is 1. The fourth-order valence-corrected chi connectivity index (χ4v) is 4.34. The Morgan fingerprint density at radius 2 is 2.25 bits per heavy atom. The van der Waals surface area contributed by atoms with Crippen LogP contribution in [0.2, 0.25) is 0 Å². The van der Waals surface area contributed by atoms with Crippen LogP contribution in [0.3, 0.4) is 0 Å². The van der Waals surface area contributed by atoms with Gasteiger partial charge in [-0.25, -0.2) is 4.39 Å². The second-order valence-corrected chi connectivity index (χ2v) is 6.22. The molecule has 4 heteroatoms. The number of ketones is 1. The highest BCUT2D eigenvalue weighted by Gasteiger charge is 2.24. The number of rotatable bonds is 2. The monoisotopic (exact) mass is 256 g/mol. The largest absolute Gasteiger partial charge is 0.293 e. The molecular weight excluding hydrogens is 243 g/mol. The third kappa shape index (κ3) is 2.61. The van der Waals surface area contributed by atoms with Crippen LogP contribution in [-0.2, 0) is 0 Å². The molecule has 0 aromatic heterocycles. The normalized spacial score (nSPS) is 20.8. The molecule has 1 heterocycles. The molecule has 0 bridgehead atoms. The van der Waals surface area contributed by atoms with Gasteiger partial charge in [-0.1, -0.05) is 0 Å². The SMILES string of the molecule is Cc1cc(F)ccc1C(=O)C1CSCCS1. The Bertz CT molecular complexity index is 400. The van der Waals surface area contributed by atoms with Crippen LogP contribution in [-0.4, -0.2) is 28.3 Å². The first-order chi connectivity index (χ1) is 7.68. The highest BCUT2D eigenvalue weighted by Crippen LogP contribution is 2.27. The summed E-state index contributed by atoms with van der Waals surface area (Å²) in [5.74, 6) is 2.90. The first-order valence-corrected chi connectivity index (χ1v) is 7.38. The van der Waals surface area contributed by atoms with Crippen molar-refractivity contribution in [1.29, 1.82) is 0 Å². The van der Waals surface area contributed by atoms with Crippen LogP contribution in [0.1, 0.15) is 15.9 Å². The first kappa shape index (κ1) is 12.0. The van der Waals surface area contributed by atoms with Gasteiger partial charge in [-0.3, -0.25) is 4.79 Å². The van der Waals surface area contributed by atoms with E-state index in [2.05, 4.69) is 0 Å². The van der Waals surface area contributed by atoms with Crippen LogP contribution in [0.15, 0.2) is 18.2 Å². The molecule has 1 aliphatic rings. The minimum atomic E-state index is -0.278. The van der Waals surface area contributed by atoms with Crippen LogP contribution in [0.25, 0.3) is 0 Å². The molecule has 0 radical (unpaired) electrons. The van der Waals surface area contributed by atoms with Crippen molar-refractivity contribution in [2.24, 2.45) is 0 Å². The lowest BCUT2D eigenvalue weighted by atomic mass is 10.0. The molecule has 1 saturated heterocycles. The van der Waals surface area contributed by atoms with E-state index in [-0.39, 0.29) is 16.9 Å². The van der Waals surface area contributed by atoms with Gasteiger partial charge in [0.05, 0.1) is 5.25 Å². The molecule has 1 aromatic carbocycles. The molecule has 2 rings (SSSR count). The topological polar surface area (TPSA) is 17.1 Å². The lowest BCUT2D eigenvalue weighted by molar-refractivity contribution is 0.0994. The van der Waals surface area contributed by atoms with Gasteiger partial charge in [0, 0.05) is 22.8 Å². The van der Waals surface area contributed by atoms with Crippen LogP contribution in [0, 0.1) is 12.7 Å². The van der Waals surface area contributed by atoms with Gasteiger partial charge in [0.1, 0.15) is 5.82 Å². The fourth-order valence-electron chi connectivity index (χ4n) is 1.72. The zero-order valence-electron chi connectivity index (χ0n) is 9.03. The Hall–Kier alpha value is -0.480. The molecule has 1 nitrogen and oxygen atoms in total. The number of benzene rings is 1. The summed E-state index contributed by atoms with van der Waals surface area (Å²) in [4.78, 5) is 12.2. The van der Waals surface area contributed by atoms with Crippen molar-refractivity contribution in [2.75, 3.05) is 17.3 Å². The lowest BCUT2D eigenvalue weighted by Crippen LogP contribution is -2.25. The highest BCUT2D eigenvalue weighted by atomic mass is 32.2. The second kappa shape index (κ2) is 5.23. The summed E-state index contributed by atoms with van der Waals surface area (Å²) in [7, 11) is 0. The number of carbonyl (C=O) groups is 1. The van der Waals surface area contributed by atoms with Crippen LogP contribution >= 0.6 is 23.5 Å². The van der Waals surface area contributed by atoms with Crippen molar-refractivity contribution in [3.8, 4) is 0 Å². The third-order valence-corrected chi connectivity index (χ3v) is 5.32. The average molecular weight is 256 g/mol. The molecule has 1 aromatic rings. The molecule has 1 atom stereocenters. The van der Waals surface area contributed by atoms with Gasteiger partial charge < -0.3 is 0 Å². The number of carbonyl (C=O) groups excluding carboxylic acids is 1. The van der Waals surface area contributed by atoms with E-state index in [9.17, 15) is 9.18 Å². The summed E-state index contributed by atoms with van der Waals surface area (Å²) in [6, 6.07) is 4.39. The number of hydrogen-bond donors (Lipinski definition) is 0. The third-order valence-electron chi connectivity index (χ3n) is 2.56. The maximum Gasteiger partial charge on any atom is 0.176 e. The molecular formula is C12H13FOS2. The van der Waals surface area contributed by atoms with E-state index in [1.807, 2.05) is 11.8 Å². The summed E-state index contributed by atoms with van der Waals surface area (Å²) in [6.45, 7) is 1.79. The average Bonchev–Trinajstić information content (AvgIpc) is 2.29. The van der Waals surface area contributed by atoms with Gasteiger partial charge in [0.25, 0.3) is 0 Å². The van der Waals surface area contributed by atoms with Gasteiger partial charge in [0.2, 0.25) is 0 Å². The molecule has 0 aliphatic carbocycles. The van der Waals surface area contributed by atoms with Crippen LogP contribution < -0.4 is 0 Å². The minimum Gasteiger partial charge on any atom is -0.293 e. The summed E-state index contributed by atoms with van der Waals surface area (Å²) in [5.41, 5.74) is 1.41. The summed E-state index contributed by atoms with van der Waals surface area (Å²) < 4.78 is 12.9. The Morgan fingerprint density at radius 3 is 2.88 bits per heavy atom. The molecule has 0 amide bonds. The Kier molecular flexibility index (Phi) is 3.92. The Morgan fingerprint density at radius 1 is 1.44 bits per heavy atom. The minimum absolute atomic E-state index is 0.0444.